The van der Waals surface area contributed by atoms with Gasteiger partial charge in [0.15, 0.2) is 0 Å². The topological polar surface area (TPSA) is 29.5 Å². The van der Waals surface area contributed by atoms with Crippen LogP contribution in [0, 0.1) is 5.82 Å². The van der Waals surface area contributed by atoms with E-state index in [4.69, 9.17) is 4.74 Å². The molecule has 78 valence electrons. The van der Waals surface area contributed by atoms with E-state index < -0.39 is 5.60 Å². The average molecular weight is 198 g/mol. The van der Waals surface area contributed by atoms with Crippen molar-refractivity contribution in [1.29, 1.82) is 0 Å². The van der Waals surface area contributed by atoms with E-state index in [1.54, 1.807) is 26.2 Å². The van der Waals surface area contributed by atoms with Crippen LogP contribution in [-0.4, -0.2) is 24.4 Å². The SMILES string of the molecule is COCC(C)(O)Cc1ccc(F)cc1. The molecule has 14 heavy (non-hydrogen) atoms. The summed E-state index contributed by atoms with van der Waals surface area (Å²) in [5.41, 5.74) is 0.000462. The molecule has 0 spiro atoms. The van der Waals surface area contributed by atoms with Crippen molar-refractivity contribution >= 4 is 0 Å². The number of halogens is 1. The van der Waals surface area contributed by atoms with Crippen molar-refractivity contribution in [3.63, 3.8) is 0 Å². The maximum Gasteiger partial charge on any atom is 0.123 e. The predicted octanol–water partition coefficient (Wildman–Crippen LogP) is 1.77. The fourth-order valence-electron chi connectivity index (χ4n) is 1.40. The third-order valence-corrected chi connectivity index (χ3v) is 1.95. The van der Waals surface area contributed by atoms with Gasteiger partial charge in [0, 0.05) is 13.5 Å². The van der Waals surface area contributed by atoms with Crippen molar-refractivity contribution in [2.45, 2.75) is 18.9 Å². The van der Waals surface area contributed by atoms with E-state index in [9.17, 15) is 9.50 Å². The molecule has 1 N–H and O–H groups in total. The Balaban J connectivity index is 2.64. The third-order valence-electron chi connectivity index (χ3n) is 1.95. The van der Waals surface area contributed by atoms with Crippen LogP contribution >= 0.6 is 0 Å². The van der Waals surface area contributed by atoms with Gasteiger partial charge >= 0.3 is 0 Å². The predicted molar refractivity (Wildman–Crippen MR) is 52.6 cm³/mol. The molecule has 2 nitrogen and oxygen atoms in total. The zero-order valence-electron chi connectivity index (χ0n) is 8.46. The van der Waals surface area contributed by atoms with Crippen LogP contribution in [0.5, 0.6) is 0 Å². The Morgan fingerprint density at radius 2 is 1.93 bits per heavy atom. The van der Waals surface area contributed by atoms with Crippen LogP contribution in [0.3, 0.4) is 0 Å². The highest BCUT2D eigenvalue weighted by molar-refractivity contribution is 5.17. The molecule has 0 saturated heterocycles. The lowest BCUT2D eigenvalue weighted by Crippen LogP contribution is -2.32. The number of hydrogen-bond acceptors (Lipinski definition) is 2. The van der Waals surface area contributed by atoms with Gasteiger partial charge in [-0.05, 0) is 24.6 Å². The first-order valence-electron chi connectivity index (χ1n) is 4.49. The normalized spacial score (nSPS) is 15.1. The summed E-state index contributed by atoms with van der Waals surface area (Å²) in [6.45, 7) is 1.96. The number of hydrogen-bond donors (Lipinski definition) is 1. The monoisotopic (exact) mass is 198 g/mol. The van der Waals surface area contributed by atoms with Crippen molar-refractivity contribution in [2.75, 3.05) is 13.7 Å². The van der Waals surface area contributed by atoms with Gasteiger partial charge in [-0.15, -0.1) is 0 Å². The Hall–Kier alpha value is -0.930. The van der Waals surface area contributed by atoms with Crippen molar-refractivity contribution < 1.29 is 14.2 Å². The minimum absolute atomic E-state index is 0.264. The summed E-state index contributed by atoms with van der Waals surface area (Å²) >= 11 is 0. The molecule has 1 aromatic rings. The second kappa shape index (κ2) is 4.53. The summed E-state index contributed by atoms with van der Waals surface area (Å²) in [5.74, 6) is -0.264. The molecule has 0 radical (unpaired) electrons. The van der Waals surface area contributed by atoms with E-state index in [0.29, 0.717) is 6.42 Å². The van der Waals surface area contributed by atoms with Gasteiger partial charge in [0.1, 0.15) is 5.82 Å². The molecule has 0 amide bonds. The van der Waals surface area contributed by atoms with Crippen molar-refractivity contribution in [1.82, 2.24) is 0 Å². The minimum Gasteiger partial charge on any atom is -0.387 e. The molecular weight excluding hydrogens is 183 g/mol. The zero-order valence-corrected chi connectivity index (χ0v) is 8.46. The smallest absolute Gasteiger partial charge is 0.123 e. The maximum atomic E-state index is 12.6. The van der Waals surface area contributed by atoms with Crippen LogP contribution in [0.15, 0.2) is 24.3 Å². The second-order valence-corrected chi connectivity index (χ2v) is 3.73. The lowest BCUT2D eigenvalue weighted by molar-refractivity contribution is -0.0161. The number of rotatable bonds is 4. The van der Waals surface area contributed by atoms with Crippen LogP contribution in [0.1, 0.15) is 12.5 Å². The van der Waals surface area contributed by atoms with E-state index in [1.807, 2.05) is 0 Å². The number of ether oxygens (including phenoxy) is 1. The standard InChI is InChI=1S/C11H15FO2/c1-11(13,8-14-2)7-9-3-5-10(12)6-4-9/h3-6,13H,7-8H2,1-2H3. The molecular formula is C11H15FO2. The summed E-state index contributed by atoms with van der Waals surface area (Å²) in [6, 6.07) is 6.11. The molecule has 1 rings (SSSR count). The molecule has 3 heteroatoms. The van der Waals surface area contributed by atoms with Crippen molar-refractivity contribution in [3.05, 3.63) is 35.6 Å². The van der Waals surface area contributed by atoms with E-state index in [0.717, 1.165) is 5.56 Å². The lowest BCUT2D eigenvalue weighted by Gasteiger charge is -2.22. The first-order chi connectivity index (χ1) is 6.53. The molecule has 0 aliphatic rings. The zero-order chi connectivity index (χ0) is 10.6. The van der Waals surface area contributed by atoms with Gasteiger partial charge in [0.25, 0.3) is 0 Å². The quantitative estimate of drug-likeness (QED) is 0.798. The van der Waals surface area contributed by atoms with Crippen molar-refractivity contribution in [3.8, 4) is 0 Å². The Labute approximate surface area is 83.3 Å². The summed E-state index contributed by atoms with van der Waals surface area (Å²) < 4.78 is 17.5. The van der Waals surface area contributed by atoms with Gasteiger partial charge in [-0.3, -0.25) is 0 Å². The molecule has 0 fully saturated rings. The van der Waals surface area contributed by atoms with Gasteiger partial charge in [0.2, 0.25) is 0 Å². The van der Waals surface area contributed by atoms with E-state index in [-0.39, 0.29) is 12.4 Å². The largest absolute Gasteiger partial charge is 0.387 e. The average Bonchev–Trinajstić information content (AvgIpc) is 2.08. The Morgan fingerprint density at radius 3 is 2.43 bits per heavy atom. The molecule has 0 saturated carbocycles. The summed E-state index contributed by atoms with van der Waals surface area (Å²) in [6.07, 6.45) is 0.459. The molecule has 1 aromatic carbocycles. The highest BCUT2D eigenvalue weighted by Crippen LogP contribution is 2.13. The first kappa shape index (κ1) is 11.1. The van der Waals surface area contributed by atoms with E-state index in [1.165, 1.54) is 12.1 Å². The number of benzene rings is 1. The Morgan fingerprint density at radius 1 is 1.36 bits per heavy atom. The van der Waals surface area contributed by atoms with Crippen LogP contribution in [-0.2, 0) is 11.2 Å². The Bertz CT molecular complexity index is 280. The van der Waals surface area contributed by atoms with Crippen molar-refractivity contribution in [2.24, 2.45) is 0 Å². The molecule has 1 atom stereocenters. The summed E-state index contributed by atoms with van der Waals surface area (Å²) in [7, 11) is 1.54. The van der Waals surface area contributed by atoms with E-state index >= 15 is 0 Å². The van der Waals surface area contributed by atoms with Gasteiger partial charge in [-0.25, -0.2) is 4.39 Å². The second-order valence-electron chi connectivity index (χ2n) is 3.73. The van der Waals surface area contributed by atoms with Gasteiger partial charge in [-0.2, -0.15) is 0 Å². The van der Waals surface area contributed by atoms with Gasteiger partial charge in [-0.1, -0.05) is 12.1 Å². The molecule has 0 aromatic heterocycles. The maximum absolute atomic E-state index is 12.6. The fourth-order valence-corrected chi connectivity index (χ4v) is 1.40. The van der Waals surface area contributed by atoms with Gasteiger partial charge in [0.05, 0.1) is 12.2 Å². The number of aliphatic hydroxyl groups is 1. The molecule has 0 aliphatic heterocycles. The van der Waals surface area contributed by atoms with E-state index in [2.05, 4.69) is 0 Å². The van der Waals surface area contributed by atoms with Crippen LogP contribution in [0.25, 0.3) is 0 Å². The molecule has 0 heterocycles. The molecule has 0 bridgehead atoms. The summed E-state index contributed by atoms with van der Waals surface area (Å²) in [5, 5.41) is 9.82. The third kappa shape index (κ3) is 3.44. The minimum atomic E-state index is -0.896. The Kier molecular flexibility index (Phi) is 3.61. The fraction of sp³-hybridized carbons (Fsp3) is 0.455. The lowest BCUT2D eigenvalue weighted by atomic mass is 9.97. The highest BCUT2D eigenvalue weighted by atomic mass is 19.1. The summed E-state index contributed by atoms with van der Waals surface area (Å²) in [4.78, 5) is 0. The van der Waals surface area contributed by atoms with Gasteiger partial charge < -0.3 is 9.84 Å². The van der Waals surface area contributed by atoms with Crippen LogP contribution in [0.4, 0.5) is 4.39 Å². The number of methoxy groups -OCH3 is 1. The molecule has 1 unspecified atom stereocenters. The highest BCUT2D eigenvalue weighted by Gasteiger charge is 2.20. The van der Waals surface area contributed by atoms with Crippen LogP contribution < -0.4 is 0 Å². The first-order valence-corrected chi connectivity index (χ1v) is 4.49. The van der Waals surface area contributed by atoms with Crippen LogP contribution in [0.2, 0.25) is 0 Å². The molecule has 0 aliphatic carbocycles.